The third-order valence-electron chi connectivity index (χ3n) is 7.67. The third-order valence-corrected chi connectivity index (χ3v) is 7.67. The molecule has 0 amide bonds. The molecule has 0 bridgehead atoms. The summed E-state index contributed by atoms with van der Waals surface area (Å²) in [5.41, 5.74) is -2.18. The summed E-state index contributed by atoms with van der Waals surface area (Å²) in [5, 5.41) is 16.8. The fourth-order valence-electron chi connectivity index (χ4n) is 5.67. The van der Waals surface area contributed by atoms with E-state index in [9.17, 15) is 39.5 Å². The van der Waals surface area contributed by atoms with Crippen molar-refractivity contribution in [3.63, 3.8) is 0 Å². The van der Waals surface area contributed by atoms with E-state index in [-0.39, 0.29) is 40.1 Å². The average molecular weight is 657 g/mol. The molecule has 2 heterocycles. The summed E-state index contributed by atoms with van der Waals surface area (Å²) in [5.74, 6) is 0. The van der Waals surface area contributed by atoms with Gasteiger partial charge in [-0.15, -0.1) is 10.2 Å². The zero-order chi connectivity index (χ0) is 33.5. The Morgan fingerprint density at radius 1 is 0.468 bits per heavy atom. The first-order valence-electron chi connectivity index (χ1n) is 13.7. The van der Waals surface area contributed by atoms with Crippen molar-refractivity contribution >= 4 is 0 Å². The van der Waals surface area contributed by atoms with Crippen molar-refractivity contribution in [1.29, 1.82) is 0 Å². The molecule has 0 N–H and O–H groups in total. The van der Waals surface area contributed by atoms with Crippen LogP contribution in [0.25, 0.3) is 56.4 Å². The Hall–Kier alpha value is -5.47. The predicted molar refractivity (Wildman–Crippen MR) is 151 cm³/mol. The van der Waals surface area contributed by atoms with Gasteiger partial charge in [-0.05, 0) is 48.9 Å². The zero-order valence-corrected chi connectivity index (χ0v) is 23.7. The Morgan fingerprint density at radius 2 is 0.830 bits per heavy atom. The SMILES string of the molecule is Cc1cc(-n2nnc3c2-c2ccccc2-c2nnn(-c4cc(C(F)(F)F)cc(C(F)(F)F)c4)c2-c2ccccc2-3)cc(C(F)(F)F)c1. The number of nitrogens with zero attached hydrogens (tertiary/aromatic N) is 6. The normalized spacial score (nSPS) is 12.9. The van der Waals surface area contributed by atoms with E-state index in [1.54, 1.807) is 48.5 Å². The number of benzene rings is 4. The van der Waals surface area contributed by atoms with Crippen LogP contribution >= 0.6 is 0 Å². The highest BCUT2D eigenvalue weighted by atomic mass is 19.4. The van der Waals surface area contributed by atoms with Crippen LogP contribution < -0.4 is 0 Å². The molecule has 15 heteroatoms. The second kappa shape index (κ2) is 10.3. The molecule has 0 radical (unpaired) electrons. The van der Waals surface area contributed by atoms with Crippen molar-refractivity contribution in [1.82, 2.24) is 30.0 Å². The minimum absolute atomic E-state index is 0.0213. The molecule has 6 aromatic rings. The first-order chi connectivity index (χ1) is 22.1. The summed E-state index contributed by atoms with van der Waals surface area (Å²) in [4.78, 5) is 0. The molecule has 7 rings (SSSR count). The Kier molecular flexibility index (Phi) is 6.60. The first-order valence-corrected chi connectivity index (χ1v) is 13.7. The van der Waals surface area contributed by atoms with Crippen LogP contribution in [-0.2, 0) is 18.5 Å². The summed E-state index contributed by atoms with van der Waals surface area (Å²) in [7, 11) is 0. The molecule has 6 nitrogen and oxygen atoms in total. The summed E-state index contributed by atoms with van der Waals surface area (Å²) in [6.45, 7) is 1.51. The first kappa shape index (κ1) is 30.2. The molecule has 238 valence electrons. The Morgan fingerprint density at radius 3 is 1.23 bits per heavy atom. The molecule has 2 aromatic heterocycles. The van der Waals surface area contributed by atoms with E-state index in [0.717, 1.165) is 16.8 Å². The van der Waals surface area contributed by atoms with Crippen LogP contribution in [0.4, 0.5) is 39.5 Å². The van der Waals surface area contributed by atoms with Crippen molar-refractivity contribution in [2.24, 2.45) is 0 Å². The molecule has 0 saturated carbocycles. The fraction of sp³-hybridized carbons (Fsp3) is 0.125. The number of hydrogen-bond acceptors (Lipinski definition) is 4. The minimum atomic E-state index is -5.11. The predicted octanol–water partition coefficient (Wildman–Crippen LogP) is 9.19. The lowest BCUT2D eigenvalue weighted by Crippen LogP contribution is -2.13. The van der Waals surface area contributed by atoms with Crippen molar-refractivity contribution in [2.45, 2.75) is 25.5 Å². The van der Waals surface area contributed by atoms with E-state index in [1.807, 2.05) is 0 Å². The number of alkyl halides is 9. The molecular weight excluding hydrogens is 639 g/mol. The highest BCUT2D eigenvalue weighted by Gasteiger charge is 2.38. The molecule has 0 unspecified atom stereocenters. The zero-order valence-electron chi connectivity index (χ0n) is 23.7. The van der Waals surface area contributed by atoms with Crippen LogP contribution in [0.15, 0.2) is 84.9 Å². The third kappa shape index (κ3) is 5.11. The molecule has 0 spiro atoms. The van der Waals surface area contributed by atoms with Crippen LogP contribution in [-0.4, -0.2) is 30.0 Å². The van der Waals surface area contributed by atoms with Gasteiger partial charge in [-0.1, -0.05) is 59.0 Å². The molecule has 0 saturated heterocycles. The molecule has 0 atom stereocenters. The van der Waals surface area contributed by atoms with E-state index < -0.39 is 40.9 Å². The number of aromatic nitrogens is 6. The van der Waals surface area contributed by atoms with Gasteiger partial charge in [-0.25, -0.2) is 9.36 Å². The molecular formula is C32H17F9N6. The lowest BCUT2D eigenvalue weighted by Gasteiger charge is -2.20. The van der Waals surface area contributed by atoms with Crippen LogP contribution in [0.3, 0.4) is 0 Å². The van der Waals surface area contributed by atoms with Gasteiger partial charge in [0.1, 0.15) is 22.8 Å². The second-order valence-electron chi connectivity index (χ2n) is 10.8. The second-order valence-corrected chi connectivity index (χ2v) is 10.8. The minimum Gasteiger partial charge on any atom is -0.212 e. The highest BCUT2D eigenvalue weighted by Crippen LogP contribution is 2.48. The maximum atomic E-state index is 13.8. The molecule has 1 aliphatic carbocycles. The molecule has 47 heavy (non-hydrogen) atoms. The quantitative estimate of drug-likeness (QED) is 0.174. The van der Waals surface area contributed by atoms with Crippen LogP contribution in [0.1, 0.15) is 22.3 Å². The Labute approximate surface area is 258 Å². The number of rotatable bonds is 2. The van der Waals surface area contributed by atoms with Crippen molar-refractivity contribution in [2.75, 3.05) is 0 Å². The monoisotopic (exact) mass is 656 g/mol. The summed E-state index contributed by atoms with van der Waals surface area (Å²) >= 11 is 0. The van der Waals surface area contributed by atoms with Gasteiger partial charge in [0.15, 0.2) is 0 Å². The van der Waals surface area contributed by atoms with Crippen LogP contribution in [0, 0.1) is 6.92 Å². The maximum Gasteiger partial charge on any atom is 0.416 e. The van der Waals surface area contributed by atoms with Gasteiger partial charge in [-0.3, -0.25) is 0 Å². The average Bonchev–Trinajstić information content (AvgIpc) is 3.64. The van der Waals surface area contributed by atoms with Gasteiger partial charge in [-0.2, -0.15) is 39.5 Å². The van der Waals surface area contributed by atoms with Gasteiger partial charge in [0.2, 0.25) is 0 Å². The van der Waals surface area contributed by atoms with E-state index in [4.69, 9.17) is 0 Å². The fourth-order valence-corrected chi connectivity index (χ4v) is 5.67. The van der Waals surface area contributed by atoms with E-state index >= 15 is 0 Å². The van der Waals surface area contributed by atoms with Gasteiger partial charge in [0, 0.05) is 22.3 Å². The van der Waals surface area contributed by atoms with E-state index in [2.05, 4.69) is 20.6 Å². The lowest BCUT2D eigenvalue weighted by molar-refractivity contribution is -0.143. The van der Waals surface area contributed by atoms with E-state index in [1.165, 1.54) is 17.7 Å². The number of fused-ring (bicyclic) bond motifs is 8. The van der Waals surface area contributed by atoms with Crippen LogP contribution in [0.5, 0.6) is 0 Å². The van der Waals surface area contributed by atoms with E-state index in [0.29, 0.717) is 34.4 Å². The van der Waals surface area contributed by atoms with Gasteiger partial charge in [0.05, 0.1) is 28.1 Å². The van der Waals surface area contributed by atoms with Crippen molar-refractivity contribution < 1.29 is 39.5 Å². The van der Waals surface area contributed by atoms with Gasteiger partial charge >= 0.3 is 18.5 Å². The summed E-state index contributed by atoms with van der Waals surface area (Å²) < 4.78 is 126. The lowest BCUT2D eigenvalue weighted by atomic mass is 9.89. The summed E-state index contributed by atoms with van der Waals surface area (Å²) in [6, 6.07) is 17.5. The molecule has 0 aliphatic heterocycles. The van der Waals surface area contributed by atoms with Crippen molar-refractivity contribution in [3.05, 3.63) is 107 Å². The maximum absolute atomic E-state index is 13.8. The largest absolute Gasteiger partial charge is 0.416 e. The smallest absolute Gasteiger partial charge is 0.212 e. The summed E-state index contributed by atoms with van der Waals surface area (Å²) in [6.07, 6.45) is -14.9. The Balaban J connectivity index is 1.53. The van der Waals surface area contributed by atoms with Gasteiger partial charge < -0.3 is 0 Å². The Bertz CT molecular complexity index is 2150. The molecule has 4 aromatic carbocycles. The van der Waals surface area contributed by atoms with Gasteiger partial charge in [0.25, 0.3) is 0 Å². The molecule has 0 fully saturated rings. The van der Waals surface area contributed by atoms with Crippen LogP contribution in [0.2, 0.25) is 0 Å². The molecule has 1 aliphatic rings. The van der Waals surface area contributed by atoms with Crippen molar-refractivity contribution in [3.8, 4) is 56.4 Å². The standard InChI is InChI=1S/C32H17F9N6/c1-16-10-17(30(33,34)35)13-20(11-16)46-28-24-8-4-2-6-22(24)27-29(25-9-5-3-7-23(25)26(28)42-44-46)47(45-43-27)21-14-18(31(36,37)38)12-19(15-21)32(39,40)41/h2-15H,1H3. The highest BCUT2D eigenvalue weighted by molar-refractivity contribution is 5.99. The topological polar surface area (TPSA) is 61.4 Å². The number of halogens is 9. The number of aryl methyl sites for hydroxylation is 1. The number of hydrogen-bond donors (Lipinski definition) is 0.